The molecule has 5 heteroatoms. The predicted molar refractivity (Wildman–Crippen MR) is 97.0 cm³/mol. The maximum atomic E-state index is 12.9. The van der Waals surface area contributed by atoms with Crippen LogP contribution in [-0.2, 0) is 9.59 Å². The average Bonchev–Trinajstić information content (AvgIpc) is 2.86. The molecule has 25 heavy (non-hydrogen) atoms. The minimum atomic E-state index is 0.225. The van der Waals surface area contributed by atoms with E-state index in [1.54, 1.807) is 0 Å². The van der Waals surface area contributed by atoms with Gasteiger partial charge in [0.05, 0.1) is 0 Å². The van der Waals surface area contributed by atoms with Crippen molar-refractivity contribution < 1.29 is 9.59 Å². The molecule has 3 heterocycles. The molecule has 0 radical (unpaired) electrons. The van der Waals surface area contributed by atoms with Gasteiger partial charge in [0.25, 0.3) is 0 Å². The summed E-state index contributed by atoms with van der Waals surface area (Å²) in [7, 11) is 0. The predicted octanol–water partition coefficient (Wildman–Crippen LogP) is 2.16. The van der Waals surface area contributed by atoms with Crippen molar-refractivity contribution in [2.45, 2.75) is 70.3 Å². The van der Waals surface area contributed by atoms with Gasteiger partial charge in [-0.25, -0.2) is 0 Å². The summed E-state index contributed by atoms with van der Waals surface area (Å²) in [5.74, 6) is 0.990. The molecule has 0 aromatic heterocycles. The number of carbonyl (C=O) groups excluding carboxylic acids is 2. The minimum Gasteiger partial charge on any atom is -0.342 e. The van der Waals surface area contributed by atoms with Crippen molar-refractivity contribution in [1.82, 2.24) is 15.1 Å². The zero-order valence-electron chi connectivity index (χ0n) is 15.5. The molecular formula is C20H33N3O2. The Labute approximate surface area is 151 Å². The third kappa shape index (κ3) is 3.57. The zero-order valence-corrected chi connectivity index (χ0v) is 15.5. The van der Waals surface area contributed by atoms with Crippen LogP contribution in [0.5, 0.6) is 0 Å². The Morgan fingerprint density at radius 3 is 2.52 bits per heavy atom. The van der Waals surface area contributed by atoms with Crippen LogP contribution < -0.4 is 5.32 Å². The number of nitrogens with one attached hydrogen (secondary N) is 1. The number of amides is 2. The Morgan fingerprint density at radius 1 is 1.00 bits per heavy atom. The fourth-order valence-electron chi connectivity index (χ4n) is 5.21. The Hall–Kier alpha value is -1.10. The minimum absolute atomic E-state index is 0.225. The Bertz CT molecular complexity index is 501. The van der Waals surface area contributed by atoms with Gasteiger partial charge in [0, 0.05) is 38.0 Å². The fourth-order valence-corrected chi connectivity index (χ4v) is 5.21. The molecule has 1 N–H and O–H groups in total. The Balaban J connectivity index is 1.34. The van der Waals surface area contributed by atoms with E-state index >= 15 is 0 Å². The van der Waals surface area contributed by atoms with Crippen molar-refractivity contribution in [3.8, 4) is 0 Å². The van der Waals surface area contributed by atoms with E-state index < -0.39 is 0 Å². The highest BCUT2D eigenvalue weighted by Crippen LogP contribution is 2.43. The van der Waals surface area contributed by atoms with E-state index in [-0.39, 0.29) is 11.3 Å². The van der Waals surface area contributed by atoms with Crippen LogP contribution in [0.1, 0.15) is 64.2 Å². The molecule has 1 saturated carbocycles. The van der Waals surface area contributed by atoms with Gasteiger partial charge in [-0.15, -0.1) is 0 Å². The molecule has 1 aliphatic carbocycles. The monoisotopic (exact) mass is 347 g/mol. The third-order valence-electron chi connectivity index (χ3n) is 7.27. The molecule has 3 aliphatic heterocycles. The molecule has 140 valence electrons. The van der Waals surface area contributed by atoms with Gasteiger partial charge in [-0.1, -0.05) is 0 Å². The van der Waals surface area contributed by atoms with E-state index in [2.05, 4.69) is 15.1 Å². The lowest BCUT2D eigenvalue weighted by Gasteiger charge is -2.51. The van der Waals surface area contributed by atoms with Crippen molar-refractivity contribution in [3.63, 3.8) is 0 Å². The smallest absolute Gasteiger partial charge is 0.225 e. The first kappa shape index (κ1) is 17.3. The summed E-state index contributed by atoms with van der Waals surface area (Å²) < 4.78 is 0. The molecule has 0 bridgehead atoms. The first-order chi connectivity index (χ1) is 12.2. The Morgan fingerprint density at radius 2 is 1.80 bits per heavy atom. The maximum Gasteiger partial charge on any atom is 0.225 e. The van der Waals surface area contributed by atoms with Crippen molar-refractivity contribution in [2.24, 2.45) is 11.3 Å². The SMILES string of the molecule is O=C(C1CCCNCC1)N1CCC2(CCC(=O)N(C3CCC3)C2)CC1. The van der Waals surface area contributed by atoms with Gasteiger partial charge in [-0.2, -0.15) is 0 Å². The zero-order chi connectivity index (χ0) is 17.3. The van der Waals surface area contributed by atoms with Crippen molar-refractivity contribution in [2.75, 3.05) is 32.7 Å². The lowest BCUT2D eigenvalue weighted by atomic mass is 9.71. The number of nitrogens with zero attached hydrogens (tertiary/aromatic N) is 2. The van der Waals surface area contributed by atoms with Gasteiger partial charge in [-0.05, 0) is 76.3 Å². The second-order valence-electron chi connectivity index (χ2n) is 8.81. The van der Waals surface area contributed by atoms with Crippen LogP contribution >= 0.6 is 0 Å². The second-order valence-corrected chi connectivity index (χ2v) is 8.81. The molecule has 1 atom stereocenters. The number of rotatable bonds is 2. The number of carbonyl (C=O) groups is 2. The van der Waals surface area contributed by atoms with Gasteiger partial charge in [0.2, 0.25) is 11.8 Å². The van der Waals surface area contributed by atoms with Gasteiger partial charge in [0.1, 0.15) is 0 Å². The van der Waals surface area contributed by atoms with Gasteiger partial charge in [-0.3, -0.25) is 9.59 Å². The molecule has 2 amide bonds. The van der Waals surface area contributed by atoms with Crippen LogP contribution in [0.3, 0.4) is 0 Å². The summed E-state index contributed by atoms with van der Waals surface area (Å²) in [5.41, 5.74) is 0.283. The molecule has 5 nitrogen and oxygen atoms in total. The number of hydrogen-bond donors (Lipinski definition) is 1. The molecule has 0 aromatic carbocycles. The van der Waals surface area contributed by atoms with Gasteiger partial charge in [0.15, 0.2) is 0 Å². The van der Waals surface area contributed by atoms with Crippen LogP contribution in [0.25, 0.3) is 0 Å². The molecule has 4 fully saturated rings. The van der Waals surface area contributed by atoms with E-state index in [1.807, 2.05) is 0 Å². The lowest BCUT2D eigenvalue weighted by molar-refractivity contribution is -0.148. The highest BCUT2D eigenvalue weighted by molar-refractivity contribution is 5.79. The molecule has 4 rings (SSSR count). The van der Waals surface area contributed by atoms with Crippen molar-refractivity contribution >= 4 is 11.8 Å². The molecule has 1 unspecified atom stereocenters. The molecule has 1 spiro atoms. The third-order valence-corrected chi connectivity index (χ3v) is 7.27. The standard InChI is InChI=1S/C20H33N3O2/c24-18-6-8-20(15-23(18)17-4-1-5-17)9-13-22(14-10-20)19(25)16-3-2-11-21-12-7-16/h16-17,21H,1-15H2. The number of piperidine rings is 2. The molecule has 3 saturated heterocycles. The quantitative estimate of drug-likeness (QED) is 0.833. The summed E-state index contributed by atoms with van der Waals surface area (Å²) in [6.07, 6.45) is 10.7. The second kappa shape index (κ2) is 7.26. The van der Waals surface area contributed by atoms with E-state index in [1.165, 1.54) is 19.3 Å². The first-order valence-corrected chi connectivity index (χ1v) is 10.5. The fraction of sp³-hybridized carbons (Fsp3) is 0.900. The summed E-state index contributed by atoms with van der Waals surface area (Å²) >= 11 is 0. The van der Waals surface area contributed by atoms with Crippen molar-refractivity contribution in [1.29, 1.82) is 0 Å². The normalized spacial score (nSPS) is 30.9. The van der Waals surface area contributed by atoms with Gasteiger partial charge >= 0.3 is 0 Å². The van der Waals surface area contributed by atoms with E-state index in [0.717, 1.165) is 77.7 Å². The van der Waals surface area contributed by atoms with Crippen LogP contribution in [0.4, 0.5) is 0 Å². The summed E-state index contributed by atoms with van der Waals surface area (Å²) in [5, 5.41) is 3.40. The summed E-state index contributed by atoms with van der Waals surface area (Å²) in [4.78, 5) is 29.5. The highest BCUT2D eigenvalue weighted by atomic mass is 16.2. The topological polar surface area (TPSA) is 52.7 Å². The van der Waals surface area contributed by atoms with Crippen LogP contribution in [0.15, 0.2) is 0 Å². The number of likely N-dealkylation sites (tertiary alicyclic amines) is 2. The van der Waals surface area contributed by atoms with Crippen LogP contribution in [0, 0.1) is 11.3 Å². The van der Waals surface area contributed by atoms with E-state index in [0.29, 0.717) is 17.9 Å². The Kier molecular flexibility index (Phi) is 5.03. The highest BCUT2D eigenvalue weighted by Gasteiger charge is 2.44. The van der Waals surface area contributed by atoms with Crippen LogP contribution in [0.2, 0.25) is 0 Å². The molecule has 0 aromatic rings. The largest absolute Gasteiger partial charge is 0.342 e. The summed E-state index contributed by atoms with van der Waals surface area (Å²) in [6.45, 7) is 4.78. The maximum absolute atomic E-state index is 12.9. The number of hydrogen-bond acceptors (Lipinski definition) is 3. The lowest BCUT2D eigenvalue weighted by Crippen LogP contribution is -2.56. The van der Waals surface area contributed by atoms with E-state index in [9.17, 15) is 9.59 Å². The van der Waals surface area contributed by atoms with Gasteiger partial charge < -0.3 is 15.1 Å². The molecular weight excluding hydrogens is 314 g/mol. The van der Waals surface area contributed by atoms with Crippen molar-refractivity contribution in [3.05, 3.63) is 0 Å². The van der Waals surface area contributed by atoms with Crippen LogP contribution in [-0.4, -0.2) is 60.4 Å². The average molecular weight is 348 g/mol. The first-order valence-electron chi connectivity index (χ1n) is 10.5. The van der Waals surface area contributed by atoms with E-state index in [4.69, 9.17) is 0 Å². The molecule has 4 aliphatic rings. The summed E-state index contributed by atoms with van der Waals surface area (Å²) in [6, 6.07) is 0.517.